The van der Waals surface area contributed by atoms with E-state index in [0.29, 0.717) is 5.56 Å². The Labute approximate surface area is 163 Å². The molecule has 2 heterocycles. The fourth-order valence-corrected chi connectivity index (χ4v) is 3.49. The van der Waals surface area contributed by atoms with Crippen LogP contribution in [-0.2, 0) is 13.0 Å². The third-order valence-electron chi connectivity index (χ3n) is 5.09. The van der Waals surface area contributed by atoms with Crippen LogP contribution in [0.25, 0.3) is 11.1 Å². The molecule has 2 atom stereocenters. The van der Waals surface area contributed by atoms with Gasteiger partial charge in [-0.15, -0.1) is 0 Å². The van der Waals surface area contributed by atoms with E-state index >= 15 is 0 Å². The van der Waals surface area contributed by atoms with Gasteiger partial charge in [-0.3, -0.25) is 4.79 Å². The molecule has 0 spiro atoms. The molecule has 0 saturated carbocycles. The van der Waals surface area contributed by atoms with Gasteiger partial charge < -0.3 is 15.7 Å². The average Bonchev–Trinajstić information content (AvgIpc) is 2.77. The standard InChI is InChI=1S/C22H22N4O2/c27-21(20-11-16-4-1-2-5-18(16)12-23-20)14-24-22(28)17-7-3-6-15(10-17)19-8-9-25-26-13-19/h1-10,13,20-21,23,27H,11-12,14H2,(H,24,28). The maximum Gasteiger partial charge on any atom is 0.251 e. The van der Waals surface area contributed by atoms with Crippen LogP contribution in [0.4, 0.5) is 0 Å². The molecule has 2 unspecified atom stereocenters. The molecular formula is C22H22N4O2. The van der Waals surface area contributed by atoms with Crippen molar-refractivity contribution in [2.24, 2.45) is 0 Å². The van der Waals surface area contributed by atoms with Crippen LogP contribution in [0.15, 0.2) is 67.0 Å². The Bertz CT molecular complexity index is 962. The third kappa shape index (κ3) is 4.08. The highest BCUT2D eigenvalue weighted by atomic mass is 16.3. The van der Waals surface area contributed by atoms with E-state index < -0.39 is 6.10 Å². The Hall–Kier alpha value is -3.09. The highest BCUT2D eigenvalue weighted by Gasteiger charge is 2.24. The molecule has 3 N–H and O–H groups in total. The molecule has 1 aromatic heterocycles. The number of fused-ring (bicyclic) bond motifs is 1. The maximum atomic E-state index is 12.5. The van der Waals surface area contributed by atoms with E-state index in [1.165, 1.54) is 11.1 Å². The van der Waals surface area contributed by atoms with Crippen molar-refractivity contribution < 1.29 is 9.90 Å². The minimum atomic E-state index is -0.662. The Kier molecular flexibility index (Phi) is 5.41. The van der Waals surface area contributed by atoms with E-state index in [0.717, 1.165) is 24.1 Å². The summed E-state index contributed by atoms with van der Waals surface area (Å²) in [6, 6.07) is 17.3. The summed E-state index contributed by atoms with van der Waals surface area (Å²) < 4.78 is 0. The van der Waals surface area contributed by atoms with Crippen molar-refractivity contribution in [2.75, 3.05) is 6.54 Å². The van der Waals surface area contributed by atoms with Gasteiger partial charge in [-0.2, -0.15) is 10.2 Å². The summed E-state index contributed by atoms with van der Waals surface area (Å²) >= 11 is 0. The number of nitrogens with one attached hydrogen (secondary N) is 2. The number of nitrogens with zero attached hydrogens (tertiary/aromatic N) is 2. The van der Waals surface area contributed by atoms with E-state index in [1.54, 1.807) is 18.5 Å². The van der Waals surface area contributed by atoms with Gasteiger partial charge in [0, 0.05) is 30.3 Å². The van der Waals surface area contributed by atoms with Crippen LogP contribution in [0.5, 0.6) is 0 Å². The lowest BCUT2D eigenvalue weighted by Crippen LogP contribution is -2.49. The largest absolute Gasteiger partial charge is 0.390 e. The van der Waals surface area contributed by atoms with Gasteiger partial charge in [0.25, 0.3) is 5.91 Å². The molecule has 0 aliphatic carbocycles. The van der Waals surface area contributed by atoms with Crippen molar-refractivity contribution in [2.45, 2.75) is 25.1 Å². The van der Waals surface area contributed by atoms with Crippen LogP contribution in [0.2, 0.25) is 0 Å². The second kappa shape index (κ2) is 8.29. The second-order valence-electron chi connectivity index (χ2n) is 6.95. The lowest BCUT2D eigenvalue weighted by molar-refractivity contribution is 0.0870. The first-order valence-corrected chi connectivity index (χ1v) is 9.34. The van der Waals surface area contributed by atoms with E-state index in [9.17, 15) is 9.90 Å². The van der Waals surface area contributed by atoms with Crippen LogP contribution < -0.4 is 10.6 Å². The van der Waals surface area contributed by atoms with E-state index in [1.807, 2.05) is 36.4 Å². The van der Waals surface area contributed by atoms with Gasteiger partial charge in [-0.25, -0.2) is 0 Å². The third-order valence-corrected chi connectivity index (χ3v) is 5.09. The van der Waals surface area contributed by atoms with Gasteiger partial charge in [-0.1, -0.05) is 36.4 Å². The topological polar surface area (TPSA) is 87.1 Å². The summed E-state index contributed by atoms with van der Waals surface area (Å²) in [7, 11) is 0. The van der Waals surface area contributed by atoms with Gasteiger partial charge in [-0.05, 0) is 41.3 Å². The van der Waals surface area contributed by atoms with Crippen molar-refractivity contribution >= 4 is 5.91 Å². The van der Waals surface area contributed by atoms with Crippen molar-refractivity contribution in [3.05, 3.63) is 83.7 Å². The predicted octanol–water partition coefficient (Wildman–Crippen LogP) is 1.95. The van der Waals surface area contributed by atoms with Gasteiger partial charge >= 0.3 is 0 Å². The maximum absolute atomic E-state index is 12.5. The summed E-state index contributed by atoms with van der Waals surface area (Å²) in [5.41, 5.74) is 4.85. The number of aliphatic hydroxyl groups is 1. The molecule has 142 valence electrons. The van der Waals surface area contributed by atoms with Gasteiger partial charge in [0.05, 0.1) is 18.5 Å². The second-order valence-corrected chi connectivity index (χ2v) is 6.95. The molecule has 0 saturated heterocycles. The summed E-state index contributed by atoms with van der Waals surface area (Å²) in [6.45, 7) is 0.924. The first-order valence-electron chi connectivity index (χ1n) is 9.34. The van der Waals surface area contributed by atoms with Crippen LogP contribution in [0.1, 0.15) is 21.5 Å². The first-order chi connectivity index (χ1) is 13.7. The Morgan fingerprint density at radius 1 is 1.11 bits per heavy atom. The molecule has 6 heteroatoms. The smallest absolute Gasteiger partial charge is 0.251 e. The molecular weight excluding hydrogens is 352 g/mol. The fourth-order valence-electron chi connectivity index (χ4n) is 3.49. The first kappa shape index (κ1) is 18.3. The van der Waals surface area contributed by atoms with Gasteiger partial charge in [0.2, 0.25) is 0 Å². The number of hydrogen-bond donors (Lipinski definition) is 3. The molecule has 4 rings (SSSR count). The quantitative estimate of drug-likeness (QED) is 0.635. The molecule has 0 radical (unpaired) electrons. The lowest BCUT2D eigenvalue weighted by atomic mass is 9.93. The van der Waals surface area contributed by atoms with Crippen molar-refractivity contribution in [1.82, 2.24) is 20.8 Å². The van der Waals surface area contributed by atoms with Crippen LogP contribution >= 0.6 is 0 Å². The van der Waals surface area contributed by atoms with Gasteiger partial charge in [0.1, 0.15) is 0 Å². The molecule has 0 bridgehead atoms. The van der Waals surface area contributed by atoms with Gasteiger partial charge in [0.15, 0.2) is 0 Å². The number of hydrogen-bond acceptors (Lipinski definition) is 5. The zero-order valence-corrected chi connectivity index (χ0v) is 15.4. The number of carbonyl (C=O) groups is 1. The number of aliphatic hydroxyl groups excluding tert-OH is 1. The number of amides is 1. The molecule has 6 nitrogen and oxygen atoms in total. The summed E-state index contributed by atoms with van der Waals surface area (Å²) in [6.07, 6.45) is 3.36. The molecule has 2 aromatic carbocycles. The summed E-state index contributed by atoms with van der Waals surface area (Å²) in [5, 5.41) is 24.4. The summed E-state index contributed by atoms with van der Waals surface area (Å²) in [5.74, 6) is -0.209. The molecule has 1 aliphatic rings. The number of rotatable bonds is 5. The number of benzene rings is 2. The molecule has 3 aromatic rings. The number of carbonyl (C=O) groups excluding carboxylic acids is 1. The monoisotopic (exact) mass is 374 g/mol. The normalized spacial score (nSPS) is 16.8. The predicted molar refractivity (Wildman–Crippen MR) is 107 cm³/mol. The molecule has 28 heavy (non-hydrogen) atoms. The fraction of sp³-hybridized carbons (Fsp3) is 0.227. The van der Waals surface area contributed by atoms with E-state index in [-0.39, 0.29) is 18.5 Å². The number of aromatic nitrogens is 2. The van der Waals surface area contributed by atoms with E-state index in [4.69, 9.17) is 0 Å². The minimum Gasteiger partial charge on any atom is -0.390 e. The molecule has 0 fully saturated rings. The Balaban J connectivity index is 1.37. The Morgan fingerprint density at radius 2 is 1.96 bits per heavy atom. The van der Waals surface area contributed by atoms with Crippen molar-refractivity contribution in [1.29, 1.82) is 0 Å². The summed E-state index contributed by atoms with van der Waals surface area (Å²) in [4.78, 5) is 12.5. The average molecular weight is 374 g/mol. The highest BCUT2D eigenvalue weighted by molar-refractivity contribution is 5.95. The zero-order valence-electron chi connectivity index (χ0n) is 15.4. The van der Waals surface area contributed by atoms with Crippen LogP contribution in [0, 0.1) is 0 Å². The van der Waals surface area contributed by atoms with Crippen molar-refractivity contribution in [3.8, 4) is 11.1 Å². The van der Waals surface area contributed by atoms with Crippen molar-refractivity contribution in [3.63, 3.8) is 0 Å². The van der Waals surface area contributed by atoms with Crippen LogP contribution in [-0.4, -0.2) is 39.9 Å². The molecule has 1 aliphatic heterocycles. The van der Waals surface area contributed by atoms with E-state index in [2.05, 4.69) is 33.0 Å². The Morgan fingerprint density at radius 3 is 2.79 bits per heavy atom. The highest BCUT2D eigenvalue weighted by Crippen LogP contribution is 2.19. The SMILES string of the molecule is O=C(NCC(O)C1Cc2ccccc2CN1)c1cccc(-c2ccnnc2)c1. The minimum absolute atomic E-state index is 0.0792. The molecule has 1 amide bonds. The van der Waals surface area contributed by atoms with Crippen LogP contribution in [0.3, 0.4) is 0 Å². The lowest BCUT2D eigenvalue weighted by Gasteiger charge is -2.30. The zero-order chi connectivity index (χ0) is 19.3.